The molecule has 21 heavy (non-hydrogen) atoms. The highest BCUT2D eigenvalue weighted by molar-refractivity contribution is 5.79. The molecule has 1 rings (SSSR count). The third-order valence-corrected chi connectivity index (χ3v) is 4.77. The molecule has 1 aliphatic carbocycles. The number of carbonyl (C=O) groups is 1. The van der Waals surface area contributed by atoms with Gasteiger partial charge in [0.15, 0.2) is 0 Å². The Morgan fingerprint density at radius 2 is 2.19 bits per heavy atom. The average Bonchev–Trinajstić information content (AvgIpc) is 2.83. The molecule has 124 valence electrons. The number of hydrogen-bond donors (Lipinski definition) is 2. The van der Waals surface area contributed by atoms with Crippen LogP contribution >= 0.6 is 0 Å². The highest BCUT2D eigenvalue weighted by Gasteiger charge is 2.48. The van der Waals surface area contributed by atoms with E-state index in [4.69, 9.17) is 4.74 Å². The van der Waals surface area contributed by atoms with Gasteiger partial charge in [-0.05, 0) is 52.1 Å². The van der Waals surface area contributed by atoms with Gasteiger partial charge in [-0.25, -0.2) is 0 Å². The van der Waals surface area contributed by atoms with Gasteiger partial charge in [0.1, 0.15) is 5.54 Å². The van der Waals surface area contributed by atoms with Gasteiger partial charge in [0, 0.05) is 19.7 Å². The number of aliphatic carboxylic acids is 1. The SMILES string of the molecule is CCNC1(C(=O)O)CCCC1CCN(CCOC)C(C)C. The molecule has 0 spiro atoms. The minimum atomic E-state index is -0.710. The van der Waals surface area contributed by atoms with Gasteiger partial charge in [-0.15, -0.1) is 0 Å². The van der Waals surface area contributed by atoms with E-state index in [0.29, 0.717) is 12.6 Å². The number of carboxylic acids is 1. The highest BCUT2D eigenvalue weighted by atomic mass is 16.5. The Morgan fingerprint density at radius 1 is 1.48 bits per heavy atom. The zero-order chi connectivity index (χ0) is 15.9. The molecule has 2 unspecified atom stereocenters. The van der Waals surface area contributed by atoms with Crippen molar-refractivity contribution in [1.82, 2.24) is 10.2 Å². The Bertz CT molecular complexity index is 323. The summed E-state index contributed by atoms with van der Waals surface area (Å²) < 4.78 is 5.16. The summed E-state index contributed by atoms with van der Waals surface area (Å²) >= 11 is 0. The Kier molecular flexibility index (Phi) is 7.63. The van der Waals surface area contributed by atoms with Gasteiger partial charge >= 0.3 is 5.97 Å². The standard InChI is InChI=1S/C16H32N2O3/c1-5-17-16(15(19)20)9-6-7-14(16)8-10-18(13(2)3)11-12-21-4/h13-14,17H,5-12H2,1-4H3,(H,19,20). The second kappa shape index (κ2) is 8.71. The van der Waals surface area contributed by atoms with Crippen LogP contribution in [-0.4, -0.2) is 60.9 Å². The lowest BCUT2D eigenvalue weighted by molar-refractivity contribution is -0.146. The van der Waals surface area contributed by atoms with Gasteiger partial charge in [0.25, 0.3) is 0 Å². The van der Waals surface area contributed by atoms with E-state index in [1.165, 1.54) is 0 Å². The van der Waals surface area contributed by atoms with Crippen LogP contribution in [0.1, 0.15) is 46.5 Å². The van der Waals surface area contributed by atoms with Crippen molar-refractivity contribution in [1.29, 1.82) is 0 Å². The van der Waals surface area contributed by atoms with E-state index in [-0.39, 0.29) is 5.92 Å². The number of methoxy groups -OCH3 is 1. The lowest BCUT2D eigenvalue weighted by Gasteiger charge is -2.34. The van der Waals surface area contributed by atoms with Crippen LogP contribution in [0.25, 0.3) is 0 Å². The molecule has 0 aromatic heterocycles. The van der Waals surface area contributed by atoms with Crippen LogP contribution in [0.3, 0.4) is 0 Å². The second-order valence-corrected chi connectivity index (χ2v) is 6.31. The lowest BCUT2D eigenvalue weighted by atomic mass is 9.84. The first-order valence-electron chi connectivity index (χ1n) is 8.19. The Hall–Kier alpha value is -0.650. The number of likely N-dealkylation sites (N-methyl/N-ethyl adjacent to an activating group) is 1. The third kappa shape index (κ3) is 4.66. The third-order valence-electron chi connectivity index (χ3n) is 4.77. The molecule has 1 fully saturated rings. The summed E-state index contributed by atoms with van der Waals surface area (Å²) in [4.78, 5) is 14.2. The molecule has 2 N–H and O–H groups in total. The predicted molar refractivity (Wildman–Crippen MR) is 84.6 cm³/mol. The van der Waals surface area contributed by atoms with Gasteiger partial charge in [0.05, 0.1) is 6.61 Å². The quantitative estimate of drug-likeness (QED) is 0.646. The smallest absolute Gasteiger partial charge is 0.324 e. The van der Waals surface area contributed by atoms with E-state index < -0.39 is 11.5 Å². The first-order valence-corrected chi connectivity index (χ1v) is 8.19. The number of nitrogens with one attached hydrogen (secondary N) is 1. The fourth-order valence-electron chi connectivity index (χ4n) is 3.53. The first-order chi connectivity index (χ1) is 9.97. The molecule has 0 amide bonds. The van der Waals surface area contributed by atoms with E-state index in [9.17, 15) is 9.90 Å². The molecule has 5 heteroatoms. The van der Waals surface area contributed by atoms with Crippen molar-refractivity contribution in [2.75, 3.05) is 33.4 Å². The predicted octanol–water partition coefficient (Wildman–Crippen LogP) is 1.97. The molecule has 0 heterocycles. The molecule has 1 aliphatic rings. The van der Waals surface area contributed by atoms with Crippen LogP contribution in [0, 0.1) is 5.92 Å². The zero-order valence-corrected chi connectivity index (χ0v) is 14.0. The maximum Gasteiger partial charge on any atom is 0.324 e. The summed E-state index contributed by atoms with van der Waals surface area (Å²) in [6.45, 7) is 9.62. The molecule has 5 nitrogen and oxygen atoms in total. The van der Waals surface area contributed by atoms with Crippen LogP contribution in [0.4, 0.5) is 0 Å². The number of nitrogens with zero attached hydrogens (tertiary/aromatic N) is 1. The summed E-state index contributed by atoms with van der Waals surface area (Å²) in [5.41, 5.74) is -0.710. The van der Waals surface area contributed by atoms with E-state index in [2.05, 4.69) is 24.1 Å². The summed E-state index contributed by atoms with van der Waals surface area (Å²) in [5, 5.41) is 12.9. The van der Waals surface area contributed by atoms with E-state index in [1.807, 2.05) is 6.92 Å². The normalized spacial score (nSPS) is 25.9. The summed E-state index contributed by atoms with van der Waals surface area (Å²) in [6.07, 6.45) is 3.70. The Morgan fingerprint density at radius 3 is 2.71 bits per heavy atom. The van der Waals surface area contributed by atoms with Crippen molar-refractivity contribution in [3.63, 3.8) is 0 Å². The van der Waals surface area contributed by atoms with Crippen molar-refractivity contribution in [3.05, 3.63) is 0 Å². The first kappa shape index (κ1) is 18.4. The van der Waals surface area contributed by atoms with Crippen LogP contribution in [0.15, 0.2) is 0 Å². The molecule has 2 atom stereocenters. The minimum Gasteiger partial charge on any atom is -0.480 e. The van der Waals surface area contributed by atoms with E-state index in [1.54, 1.807) is 7.11 Å². The van der Waals surface area contributed by atoms with Crippen molar-refractivity contribution < 1.29 is 14.6 Å². The number of hydrogen-bond acceptors (Lipinski definition) is 4. The van der Waals surface area contributed by atoms with Crippen LogP contribution < -0.4 is 5.32 Å². The van der Waals surface area contributed by atoms with Gasteiger partial charge in [0.2, 0.25) is 0 Å². The van der Waals surface area contributed by atoms with Crippen molar-refractivity contribution >= 4 is 5.97 Å². The Balaban J connectivity index is 2.64. The van der Waals surface area contributed by atoms with Gasteiger partial charge < -0.3 is 15.2 Å². The maximum atomic E-state index is 11.8. The topological polar surface area (TPSA) is 61.8 Å². The summed E-state index contributed by atoms with van der Waals surface area (Å²) in [7, 11) is 1.72. The molecule has 0 radical (unpaired) electrons. The fraction of sp³-hybridized carbons (Fsp3) is 0.938. The fourth-order valence-corrected chi connectivity index (χ4v) is 3.53. The number of rotatable bonds is 10. The molecular weight excluding hydrogens is 268 g/mol. The average molecular weight is 300 g/mol. The number of carboxylic acid groups (broad SMARTS) is 1. The summed E-state index contributed by atoms with van der Waals surface area (Å²) in [5.74, 6) is -0.460. The molecule has 0 aromatic rings. The molecule has 0 saturated heterocycles. The molecule has 0 aliphatic heterocycles. The van der Waals surface area contributed by atoms with Crippen molar-refractivity contribution in [2.24, 2.45) is 5.92 Å². The molecule has 1 saturated carbocycles. The van der Waals surface area contributed by atoms with Crippen LogP contribution in [0.2, 0.25) is 0 Å². The molecule has 0 aromatic carbocycles. The number of ether oxygens (including phenoxy) is 1. The van der Waals surface area contributed by atoms with Crippen molar-refractivity contribution in [3.8, 4) is 0 Å². The Labute approximate surface area is 129 Å². The zero-order valence-electron chi connectivity index (χ0n) is 14.0. The van der Waals surface area contributed by atoms with E-state index in [0.717, 1.165) is 45.4 Å². The second-order valence-electron chi connectivity index (χ2n) is 6.31. The van der Waals surface area contributed by atoms with Crippen LogP contribution in [-0.2, 0) is 9.53 Å². The minimum absolute atomic E-state index is 0.221. The van der Waals surface area contributed by atoms with Crippen molar-refractivity contribution in [2.45, 2.75) is 58.0 Å². The van der Waals surface area contributed by atoms with E-state index >= 15 is 0 Å². The summed E-state index contributed by atoms with van der Waals surface area (Å²) in [6, 6.07) is 0.458. The van der Waals surface area contributed by atoms with Gasteiger partial charge in [-0.1, -0.05) is 13.3 Å². The largest absolute Gasteiger partial charge is 0.480 e. The van der Waals surface area contributed by atoms with Gasteiger partial charge in [-0.2, -0.15) is 0 Å². The molecular formula is C16H32N2O3. The maximum absolute atomic E-state index is 11.8. The molecule has 0 bridgehead atoms. The highest BCUT2D eigenvalue weighted by Crippen LogP contribution is 2.38. The van der Waals surface area contributed by atoms with Crippen LogP contribution in [0.5, 0.6) is 0 Å². The van der Waals surface area contributed by atoms with Gasteiger partial charge in [-0.3, -0.25) is 9.69 Å². The monoisotopic (exact) mass is 300 g/mol. The lowest BCUT2D eigenvalue weighted by Crippen LogP contribution is -2.55.